The fraction of sp³-hybridized carbons (Fsp3) is 0.478. The van der Waals surface area contributed by atoms with Crippen LogP contribution in [0.25, 0.3) is 11.6 Å². The molecule has 0 atom stereocenters. The average Bonchev–Trinajstić information content (AvgIpc) is 3.37. The van der Waals surface area contributed by atoms with Gasteiger partial charge in [-0.1, -0.05) is 38.1 Å². The summed E-state index contributed by atoms with van der Waals surface area (Å²) < 4.78 is 7.40. The van der Waals surface area contributed by atoms with Crippen molar-refractivity contribution in [2.75, 3.05) is 6.54 Å². The van der Waals surface area contributed by atoms with E-state index in [0.717, 1.165) is 36.3 Å². The van der Waals surface area contributed by atoms with Gasteiger partial charge in [0.15, 0.2) is 11.5 Å². The summed E-state index contributed by atoms with van der Waals surface area (Å²) in [6, 6.07) is 7.97. The van der Waals surface area contributed by atoms with Gasteiger partial charge in [0.2, 0.25) is 0 Å². The number of aryl methyl sites for hydroxylation is 1. The lowest BCUT2D eigenvalue weighted by atomic mass is 9.86. The molecule has 0 unspecified atom stereocenters. The Kier molecular flexibility index (Phi) is 4.31. The van der Waals surface area contributed by atoms with E-state index in [4.69, 9.17) is 4.52 Å². The highest BCUT2D eigenvalue weighted by atomic mass is 16.5. The van der Waals surface area contributed by atoms with E-state index in [9.17, 15) is 4.79 Å². The lowest BCUT2D eigenvalue weighted by Gasteiger charge is -2.28. The molecule has 3 heterocycles. The SMILES string of the molecule is Cn1nc(-c2nc(C3CC3)no2)c2c1CCN(C(=O)c1ccc(C(C)(C)C)cc1)C2. The first-order valence-electron chi connectivity index (χ1n) is 10.6. The quantitative estimate of drug-likeness (QED) is 0.662. The van der Waals surface area contributed by atoms with Crippen molar-refractivity contribution in [1.82, 2.24) is 24.8 Å². The topological polar surface area (TPSA) is 77.1 Å². The molecule has 156 valence electrons. The molecule has 1 aromatic carbocycles. The number of amides is 1. The normalized spacial score (nSPS) is 16.6. The number of aromatic nitrogens is 4. The fourth-order valence-electron chi connectivity index (χ4n) is 4.07. The first kappa shape index (κ1) is 19.0. The Morgan fingerprint density at radius 1 is 1.17 bits per heavy atom. The van der Waals surface area contributed by atoms with Crippen LogP contribution >= 0.6 is 0 Å². The van der Waals surface area contributed by atoms with Crippen molar-refractivity contribution in [3.63, 3.8) is 0 Å². The largest absolute Gasteiger partial charge is 0.334 e. The summed E-state index contributed by atoms with van der Waals surface area (Å²) in [5, 5.41) is 8.77. The van der Waals surface area contributed by atoms with E-state index in [1.54, 1.807) is 0 Å². The molecule has 1 saturated carbocycles. The Labute approximate surface area is 176 Å². The summed E-state index contributed by atoms with van der Waals surface area (Å²) >= 11 is 0. The van der Waals surface area contributed by atoms with Gasteiger partial charge in [-0.3, -0.25) is 9.48 Å². The maximum atomic E-state index is 13.2. The maximum Gasteiger partial charge on any atom is 0.278 e. The molecule has 0 bridgehead atoms. The van der Waals surface area contributed by atoms with Crippen molar-refractivity contribution in [1.29, 1.82) is 0 Å². The highest BCUT2D eigenvalue weighted by molar-refractivity contribution is 5.94. The zero-order chi connectivity index (χ0) is 21.0. The molecule has 2 aromatic heterocycles. The number of hydrogen-bond donors (Lipinski definition) is 0. The molecular formula is C23H27N5O2. The van der Waals surface area contributed by atoms with Gasteiger partial charge in [-0.25, -0.2) is 0 Å². The molecule has 2 aliphatic rings. The molecule has 5 rings (SSSR count). The van der Waals surface area contributed by atoms with Crippen LogP contribution in [0.1, 0.15) is 72.5 Å². The van der Waals surface area contributed by atoms with Crippen LogP contribution in [0.5, 0.6) is 0 Å². The summed E-state index contributed by atoms with van der Waals surface area (Å²) in [6.45, 7) is 7.69. The first-order valence-corrected chi connectivity index (χ1v) is 10.6. The van der Waals surface area contributed by atoms with Crippen molar-refractivity contribution in [2.24, 2.45) is 7.05 Å². The van der Waals surface area contributed by atoms with Crippen molar-refractivity contribution in [2.45, 2.75) is 57.9 Å². The number of fused-ring (bicyclic) bond motifs is 1. The van der Waals surface area contributed by atoms with Crippen LogP contribution in [0, 0.1) is 0 Å². The summed E-state index contributed by atoms with van der Waals surface area (Å²) in [5.41, 5.74) is 4.84. The molecule has 0 saturated heterocycles. The molecule has 30 heavy (non-hydrogen) atoms. The number of hydrogen-bond acceptors (Lipinski definition) is 5. The van der Waals surface area contributed by atoms with Crippen molar-refractivity contribution < 1.29 is 9.32 Å². The third-order valence-electron chi connectivity index (χ3n) is 6.11. The van der Waals surface area contributed by atoms with Gasteiger partial charge in [-0.15, -0.1) is 0 Å². The van der Waals surface area contributed by atoms with E-state index < -0.39 is 0 Å². The predicted octanol–water partition coefficient (Wildman–Crippen LogP) is 3.84. The van der Waals surface area contributed by atoms with Gasteiger partial charge in [0.1, 0.15) is 0 Å². The van der Waals surface area contributed by atoms with Crippen molar-refractivity contribution >= 4 is 5.91 Å². The molecule has 1 aliphatic heterocycles. The van der Waals surface area contributed by atoms with Gasteiger partial charge in [-0.05, 0) is 36.0 Å². The average molecular weight is 406 g/mol. The third kappa shape index (κ3) is 3.32. The molecule has 0 spiro atoms. The summed E-state index contributed by atoms with van der Waals surface area (Å²) in [6.07, 6.45) is 3.00. The Morgan fingerprint density at radius 2 is 1.90 bits per heavy atom. The molecule has 1 aliphatic carbocycles. The molecule has 1 fully saturated rings. The van der Waals surface area contributed by atoms with Crippen LogP contribution in [0.4, 0.5) is 0 Å². The minimum absolute atomic E-state index is 0.0418. The fourth-order valence-corrected chi connectivity index (χ4v) is 4.07. The van der Waals surface area contributed by atoms with Crippen molar-refractivity contribution in [3.05, 3.63) is 52.5 Å². The van der Waals surface area contributed by atoms with Crippen LogP contribution in [0.15, 0.2) is 28.8 Å². The smallest absolute Gasteiger partial charge is 0.278 e. The van der Waals surface area contributed by atoms with E-state index >= 15 is 0 Å². The minimum Gasteiger partial charge on any atom is -0.334 e. The number of carbonyl (C=O) groups is 1. The number of rotatable bonds is 3. The summed E-state index contributed by atoms with van der Waals surface area (Å²) in [4.78, 5) is 19.6. The lowest BCUT2D eigenvalue weighted by Crippen LogP contribution is -2.36. The number of carbonyl (C=O) groups excluding carboxylic acids is 1. The van der Waals surface area contributed by atoms with Gasteiger partial charge >= 0.3 is 0 Å². The molecule has 0 radical (unpaired) electrons. The van der Waals surface area contributed by atoms with E-state index in [0.29, 0.717) is 36.2 Å². The van der Waals surface area contributed by atoms with Crippen LogP contribution in [0.3, 0.4) is 0 Å². The monoisotopic (exact) mass is 405 g/mol. The van der Waals surface area contributed by atoms with Gasteiger partial charge in [0.05, 0.1) is 6.54 Å². The van der Waals surface area contributed by atoms with E-state index in [-0.39, 0.29) is 11.3 Å². The second-order valence-corrected chi connectivity index (χ2v) is 9.43. The molecule has 1 amide bonds. The third-order valence-corrected chi connectivity index (χ3v) is 6.11. The number of benzene rings is 1. The van der Waals surface area contributed by atoms with Gasteiger partial charge in [-0.2, -0.15) is 10.1 Å². The van der Waals surface area contributed by atoms with Crippen LogP contribution in [0.2, 0.25) is 0 Å². The zero-order valence-electron chi connectivity index (χ0n) is 18.0. The minimum atomic E-state index is 0.0418. The summed E-state index contributed by atoms with van der Waals surface area (Å²) in [7, 11) is 1.93. The van der Waals surface area contributed by atoms with Gasteiger partial charge in [0.25, 0.3) is 11.8 Å². The highest BCUT2D eigenvalue weighted by Crippen LogP contribution is 2.39. The Hall–Kier alpha value is -2.96. The van der Waals surface area contributed by atoms with E-state index in [1.165, 1.54) is 5.56 Å². The standard InChI is InChI=1S/C23H27N5O2/c1-23(2,3)16-9-7-15(8-10-16)22(29)28-12-11-18-17(13-28)19(25-27(18)4)21-24-20(26-30-21)14-5-6-14/h7-10,14H,5-6,11-13H2,1-4H3. The lowest BCUT2D eigenvalue weighted by molar-refractivity contribution is 0.0733. The highest BCUT2D eigenvalue weighted by Gasteiger charge is 2.33. The van der Waals surface area contributed by atoms with Crippen LogP contribution in [-0.2, 0) is 25.4 Å². The molecule has 0 N–H and O–H groups in total. The van der Waals surface area contributed by atoms with Gasteiger partial charge < -0.3 is 9.42 Å². The molecule has 3 aromatic rings. The second-order valence-electron chi connectivity index (χ2n) is 9.43. The zero-order valence-corrected chi connectivity index (χ0v) is 18.0. The first-order chi connectivity index (χ1) is 14.3. The molecule has 7 heteroatoms. The second kappa shape index (κ2) is 6.79. The van der Waals surface area contributed by atoms with Crippen LogP contribution in [-0.4, -0.2) is 37.3 Å². The predicted molar refractivity (Wildman–Crippen MR) is 112 cm³/mol. The van der Waals surface area contributed by atoms with Crippen LogP contribution < -0.4 is 0 Å². The van der Waals surface area contributed by atoms with E-state index in [1.807, 2.05) is 28.8 Å². The Morgan fingerprint density at radius 3 is 2.57 bits per heavy atom. The Balaban J connectivity index is 1.40. The van der Waals surface area contributed by atoms with Gasteiger partial charge in [0, 0.05) is 42.8 Å². The maximum absolute atomic E-state index is 13.2. The molecule has 7 nitrogen and oxygen atoms in total. The summed E-state index contributed by atoms with van der Waals surface area (Å²) in [5.74, 6) is 1.70. The Bertz CT molecular complexity index is 1100. The number of nitrogens with zero attached hydrogens (tertiary/aromatic N) is 5. The van der Waals surface area contributed by atoms with E-state index in [2.05, 4.69) is 48.1 Å². The molecular weight excluding hydrogens is 378 g/mol. The van der Waals surface area contributed by atoms with Crippen molar-refractivity contribution in [3.8, 4) is 11.6 Å².